The van der Waals surface area contributed by atoms with E-state index in [9.17, 15) is 0 Å². The average Bonchev–Trinajstić information content (AvgIpc) is 2.43. The van der Waals surface area contributed by atoms with Crippen LogP contribution >= 0.6 is 35.4 Å². The quantitative estimate of drug-likeness (QED) is 0.503. The fraction of sp³-hybridized carbons (Fsp3) is 0. The minimum absolute atomic E-state index is 0.106. The van der Waals surface area contributed by atoms with Crippen molar-refractivity contribution < 1.29 is 4.74 Å². The third-order valence-corrected chi connectivity index (χ3v) is 3.20. The minimum atomic E-state index is 0.106. The second kappa shape index (κ2) is 7.26. The van der Waals surface area contributed by atoms with Crippen LogP contribution in [0.3, 0.4) is 0 Å². The van der Waals surface area contributed by atoms with E-state index in [0.717, 1.165) is 5.56 Å². The average molecular weight is 340 g/mol. The Balaban J connectivity index is 2.11. The molecule has 0 fully saturated rings. The highest BCUT2D eigenvalue weighted by Crippen LogP contribution is 2.29. The Labute approximate surface area is 137 Å². The van der Waals surface area contributed by atoms with Crippen molar-refractivity contribution in [3.8, 4) is 11.5 Å². The number of thiocarbonyl (C=S) groups is 1. The SMILES string of the molecule is NC(=S)NN=Cc1cccc(Oc2ccc(Cl)c(Cl)c2)c1. The highest BCUT2D eigenvalue weighted by atomic mass is 35.5. The van der Waals surface area contributed by atoms with Crippen molar-refractivity contribution >= 4 is 46.7 Å². The van der Waals surface area contributed by atoms with Gasteiger partial charge >= 0.3 is 0 Å². The van der Waals surface area contributed by atoms with Crippen LogP contribution in [0, 0.1) is 0 Å². The van der Waals surface area contributed by atoms with Gasteiger partial charge in [0.2, 0.25) is 0 Å². The molecule has 0 unspecified atom stereocenters. The molecule has 3 N–H and O–H groups in total. The third kappa shape index (κ3) is 4.90. The molecule has 0 aliphatic carbocycles. The van der Waals surface area contributed by atoms with Gasteiger partial charge in [-0.25, -0.2) is 0 Å². The summed E-state index contributed by atoms with van der Waals surface area (Å²) in [5.74, 6) is 1.24. The number of hydrazone groups is 1. The van der Waals surface area contributed by atoms with E-state index in [-0.39, 0.29) is 5.11 Å². The smallest absolute Gasteiger partial charge is 0.184 e. The summed E-state index contributed by atoms with van der Waals surface area (Å²) in [6.45, 7) is 0. The van der Waals surface area contributed by atoms with Crippen LogP contribution in [0.1, 0.15) is 5.56 Å². The maximum Gasteiger partial charge on any atom is 0.184 e. The Morgan fingerprint density at radius 3 is 2.62 bits per heavy atom. The van der Waals surface area contributed by atoms with Gasteiger partial charge in [-0.05, 0) is 42.0 Å². The van der Waals surface area contributed by atoms with Crippen LogP contribution in [0.15, 0.2) is 47.6 Å². The molecule has 0 heterocycles. The van der Waals surface area contributed by atoms with Crippen LogP contribution in [0.5, 0.6) is 11.5 Å². The Morgan fingerprint density at radius 1 is 1.14 bits per heavy atom. The largest absolute Gasteiger partial charge is 0.457 e. The van der Waals surface area contributed by atoms with Crippen LogP contribution in [0.2, 0.25) is 10.0 Å². The lowest BCUT2D eigenvalue weighted by molar-refractivity contribution is 0.482. The summed E-state index contributed by atoms with van der Waals surface area (Å²) in [5.41, 5.74) is 8.59. The molecule has 4 nitrogen and oxygen atoms in total. The monoisotopic (exact) mass is 339 g/mol. The molecule has 2 aromatic carbocycles. The van der Waals surface area contributed by atoms with Crippen LogP contribution in [-0.4, -0.2) is 11.3 Å². The molecule has 2 rings (SSSR count). The molecule has 0 atom stereocenters. The van der Waals surface area contributed by atoms with Crippen molar-refractivity contribution in [1.82, 2.24) is 5.43 Å². The minimum Gasteiger partial charge on any atom is -0.457 e. The number of rotatable bonds is 4. The molecular weight excluding hydrogens is 329 g/mol. The van der Waals surface area contributed by atoms with Crippen molar-refractivity contribution in [1.29, 1.82) is 0 Å². The topological polar surface area (TPSA) is 59.6 Å². The number of ether oxygens (including phenoxy) is 1. The molecule has 2 aromatic rings. The molecular formula is C14H11Cl2N3OS. The first-order valence-electron chi connectivity index (χ1n) is 5.86. The van der Waals surface area contributed by atoms with Gasteiger partial charge in [0.25, 0.3) is 0 Å². The highest BCUT2D eigenvalue weighted by Gasteiger charge is 2.02. The Kier molecular flexibility index (Phi) is 5.38. The van der Waals surface area contributed by atoms with Gasteiger partial charge < -0.3 is 10.5 Å². The molecule has 0 bridgehead atoms. The first-order valence-corrected chi connectivity index (χ1v) is 7.02. The van der Waals surface area contributed by atoms with E-state index in [1.807, 2.05) is 24.3 Å². The highest BCUT2D eigenvalue weighted by molar-refractivity contribution is 7.80. The number of hydrogen-bond donors (Lipinski definition) is 2. The van der Waals surface area contributed by atoms with E-state index in [4.69, 9.17) is 33.7 Å². The van der Waals surface area contributed by atoms with Gasteiger partial charge in [-0.2, -0.15) is 5.10 Å². The molecule has 0 spiro atoms. The van der Waals surface area contributed by atoms with Gasteiger partial charge in [0.15, 0.2) is 5.11 Å². The number of benzene rings is 2. The van der Waals surface area contributed by atoms with Gasteiger partial charge in [-0.3, -0.25) is 5.43 Å². The molecule has 108 valence electrons. The fourth-order valence-corrected chi connectivity index (χ4v) is 1.85. The summed E-state index contributed by atoms with van der Waals surface area (Å²) in [5, 5.41) is 4.90. The fourth-order valence-electron chi connectivity index (χ4n) is 1.51. The van der Waals surface area contributed by atoms with E-state index in [0.29, 0.717) is 21.5 Å². The number of nitrogens with zero attached hydrogens (tertiary/aromatic N) is 1. The van der Waals surface area contributed by atoms with Crippen molar-refractivity contribution in [3.63, 3.8) is 0 Å². The van der Waals surface area contributed by atoms with E-state index >= 15 is 0 Å². The zero-order valence-electron chi connectivity index (χ0n) is 10.7. The van der Waals surface area contributed by atoms with E-state index < -0.39 is 0 Å². The predicted octanol–water partition coefficient (Wildman–Crippen LogP) is 3.95. The second-order valence-electron chi connectivity index (χ2n) is 3.98. The zero-order chi connectivity index (χ0) is 15.2. The third-order valence-electron chi connectivity index (χ3n) is 2.37. The first kappa shape index (κ1) is 15.6. The van der Waals surface area contributed by atoms with Crippen molar-refractivity contribution in [3.05, 3.63) is 58.1 Å². The Hall–Kier alpha value is -1.82. The molecule has 0 saturated carbocycles. The molecule has 0 aromatic heterocycles. The van der Waals surface area contributed by atoms with Gasteiger partial charge in [0.1, 0.15) is 11.5 Å². The lowest BCUT2D eigenvalue weighted by Crippen LogP contribution is -2.23. The Bertz CT molecular complexity index is 692. The van der Waals surface area contributed by atoms with Crippen molar-refractivity contribution in [2.75, 3.05) is 0 Å². The van der Waals surface area contributed by atoms with E-state index in [1.165, 1.54) is 0 Å². The van der Waals surface area contributed by atoms with Crippen LogP contribution in [0.25, 0.3) is 0 Å². The van der Waals surface area contributed by atoms with Crippen molar-refractivity contribution in [2.45, 2.75) is 0 Å². The lowest BCUT2D eigenvalue weighted by atomic mass is 10.2. The molecule has 0 aliphatic rings. The summed E-state index contributed by atoms with van der Waals surface area (Å²) in [7, 11) is 0. The predicted molar refractivity (Wildman–Crippen MR) is 90.5 cm³/mol. The standard InChI is InChI=1S/C14H11Cl2N3OS/c15-12-5-4-11(7-13(12)16)20-10-3-1-2-9(6-10)8-18-19-14(17)21/h1-8H,(H3,17,19,21). The van der Waals surface area contributed by atoms with E-state index in [2.05, 4.69) is 22.7 Å². The summed E-state index contributed by atoms with van der Waals surface area (Å²) >= 11 is 16.5. The van der Waals surface area contributed by atoms with Crippen LogP contribution in [-0.2, 0) is 0 Å². The molecule has 0 radical (unpaired) electrons. The first-order chi connectivity index (χ1) is 10.0. The maximum absolute atomic E-state index is 5.94. The number of nitrogens with one attached hydrogen (secondary N) is 1. The number of nitrogens with two attached hydrogens (primary N) is 1. The summed E-state index contributed by atoms with van der Waals surface area (Å²) in [6, 6.07) is 12.4. The molecule has 7 heteroatoms. The summed E-state index contributed by atoms with van der Waals surface area (Å²) in [6.07, 6.45) is 1.58. The van der Waals surface area contributed by atoms with Crippen molar-refractivity contribution in [2.24, 2.45) is 10.8 Å². The molecule has 0 aliphatic heterocycles. The van der Waals surface area contributed by atoms with Gasteiger partial charge in [0.05, 0.1) is 16.3 Å². The maximum atomic E-state index is 5.94. The van der Waals surface area contributed by atoms with Gasteiger partial charge in [-0.1, -0.05) is 35.3 Å². The Morgan fingerprint density at radius 2 is 1.90 bits per heavy atom. The summed E-state index contributed by atoms with van der Waals surface area (Å²) < 4.78 is 5.71. The van der Waals surface area contributed by atoms with E-state index in [1.54, 1.807) is 24.4 Å². The normalized spacial score (nSPS) is 10.6. The second-order valence-corrected chi connectivity index (χ2v) is 5.24. The van der Waals surface area contributed by atoms with Crippen LogP contribution < -0.4 is 15.9 Å². The number of hydrogen-bond acceptors (Lipinski definition) is 3. The summed E-state index contributed by atoms with van der Waals surface area (Å²) in [4.78, 5) is 0. The lowest BCUT2D eigenvalue weighted by Gasteiger charge is -2.07. The van der Waals surface area contributed by atoms with Gasteiger partial charge in [0, 0.05) is 6.07 Å². The molecule has 0 amide bonds. The van der Waals surface area contributed by atoms with Crippen LogP contribution in [0.4, 0.5) is 0 Å². The zero-order valence-corrected chi connectivity index (χ0v) is 13.0. The van der Waals surface area contributed by atoms with Gasteiger partial charge in [-0.15, -0.1) is 0 Å². The number of halogens is 2. The molecule has 0 saturated heterocycles. The molecule has 21 heavy (non-hydrogen) atoms.